The number of nitrogens with one attached hydrogen (secondary N) is 1. The third-order valence-corrected chi connectivity index (χ3v) is 5.16. The van der Waals surface area contributed by atoms with Gasteiger partial charge in [-0.25, -0.2) is 0 Å². The average Bonchev–Trinajstić information content (AvgIpc) is 3.14. The van der Waals surface area contributed by atoms with Gasteiger partial charge in [0.2, 0.25) is 5.91 Å². The number of benzene rings is 2. The summed E-state index contributed by atoms with van der Waals surface area (Å²) >= 11 is 0. The molecule has 0 bridgehead atoms. The van der Waals surface area contributed by atoms with Crippen LogP contribution in [0.3, 0.4) is 0 Å². The van der Waals surface area contributed by atoms with Gasteiger partial charge < -0.3 is 15.0 Å². The molecule has 0 saturated carbocycles. The van der Waals surface area contributed by atoms with Gasteiger partial charge in [-0.3, -0.25) is 24.5 Å². The molecule has 31 heavy (non-hydrogen) atoms. The molecule has 162 valence electrons. The number of rotatable bonds is 7. The van der Waals surface area contributed by atoms with Crippen LogP contribution in [0.15, 0.2) is 42.5 Å². The summed E-state index contributed by atoms with van der Waals surface area (Å²) in [7, 11) is 0. The number of nitro groups is 1. The number of aryl methyl sites for hydroxylation is 2. The van der Waals surface area contributed by atoms with Crippen molar-refractivity contribution in [3.05, 3.63) is 63.7 Å². The Morgan fingerprint density at radius 1 is 1.26 bits per heavy atom. The summed E-state index contributed by atoms with van der Waals surface area (Å²) in [6.45, 7) is 3.24. The predicted octanol–water partition coefficient (Wildman–Crippen LogP) is 3.00. The maximum Gasteiger partial charge on any atom is 0.311 e. The third-order valence-electron chi connectivity index (χ3n) is 5.16. The first-order chi connectivity index (χ1) is 14.8. The fourth-order valence-corrected chi connectivity index (χ4v) is 3.51. The van der Waals surface area contributed by atoms with E-state index >= 15 is 0 Å². The quantitative estimate of drug-likeness (QED) is 0.414. The Labute approximate surface area is 179 Å². The van der Waals surface area contributed by atoms with Crippen molar-refractivity contribution in [1.82, 2.24) is 0 Å². The van der Waals surface area contributed by atoms with Crippen molar-refractivity contribution in [3.8, 4) is 0 Å². The molecule has 9 nitrogen and oxygen atoms in total. The molecule has 0 aliphatic carbocycles. The van der Waals surface area contributed by atoms with Gasteiger partial charge in [-0.05, 0) is 31.0 Å². The molecular weight excluding hydrogens is 402 g/mol. The third kappa shape index (κ3) is 5.06. The van der Waals surface area contributed by atoms with E-state index in [4.69, 9.17) is 4.74 Å². The second kappa shape index (κ2) is 9.38. The number of hydrogen-bond donors (Lipinski definition) is 1. The Balaban J connectivity index is 1.56. The molecule has 3 rings (SSSR count). The Hall–Kier alpha value is -3.75. The van der Waals surface area contributed by atoms with E-state index in [0.717, 1.165) is 17.7 Å². The Morgan fingerprint density at radius 2 is 2.00 bits per heavy atom. The number of carbonyl (C=O) groups excluding carboxylic acids is 3. The van der Waals surface area contributed by atoms with Gasteiger partial charge in [0.25, 0.3) is 11.6 Å². The molecule has 1 fully saturated rings. The van der Waals surface area contributed by atoms with E-state index in [1.165, 1.54) is 18.2 Å². The molecule has 2 aromatic carbocycles. The van der Waals surface area contributed by atoms with E-state index in [1.54, 1.807) is 11.8 Å². The van der Waals surface area contributed by atoms with Crippen molar-refractivity contribution < 1.29 is 24.0 Å². The van der Waals surface area contributed by atoms with Crippen LogP contribution in [0.25, 0.3) is 0 Å². The summed E-state index contributed by atoms with van der Waals surface area (Å²) in [6, 6.07) is 11.8. The minimum absolute atomic E-state index is 0.0165. The van der Waals surface area contributed by atoms with E-state index in [0.29, 0.717) is 5.56 Å². The summed E-state index contributed by atoms with van der Waals surface area (Å²) in [6.07, 6.45) is 0.773. The first-order valence-electron chi connectivity index (χ1n) is 9.90. The van der Waals surface area contributed by atoms with Crippen LogP contribution >= 0.6 is 0 Å². The second-order valence-electron chi connectivity index (χ2n) is 7.30. The van der Waals surface area contributed by atoms with Crippen LogP contribution in [-0.2, 0) is 25.5 Å². The lowest BCUT2D eigenvalue weighted by Crippen LogP contribution is -2.28. The van der Waals surface area contributed by atoms with Gasteiger partial charge in [-0.1, -0.05) is 31.2 Å². The van der Waals surface area contributed by atoms with Crippen LogP contribution in [0.4, 0.5) is 17.1 Å². The fourth-order valence-electron chi connectivity index (χ4n) is 3.51. The first kappa shape index (κ1) is 21.9. The Bertz CT molecular complexity index is 1040. The molecule has 1 atom stereocenters. The van der Waals surface area contributed by atoms with E-state index < -0.39 is 29.3 Å². The second-order valence-corrected chi connectivity index (χ2v) is 7.30. The predicted molar refractivity (Wildman–Crippen MR) is 114 cm³/mol. The number of nitrogens with zero attached hydrogens (tertiary/aromatic N) is 2. The number of hydrogen-bond acceptors (Lipinski definition) is 6. The molecule has 1 N–H and O–H groups in total. The van der Waals surface area contributed by atoms with E-state index in [-0.39, 0.29) is 30.2 Å². The van der Waals surface area contributed by atoms with Gasteiger partial charge >= 0.3 is 5.97 Å². The normalized spacial score (nSPS) is 15.6. The molecule has 0 radical (unpaired) electrons. The van der Waals surface area contributed by atoms with E-state index in [9.17, 15) is 24.5 Å². The zero-order valence-electron chi connectivity index (χ0n) is 17.3. The van der Waals surface area contributed by atoms with Gasteiger partial charge in [0.15, 0.2) is 6.61 Å². The highest BCUT2D eigenvalue weighted by Gasteiger charge is 2.37. The average molecular weight is 425 g/mol. The summed E-state index contributed by atoms with van der Waals surface area (Å²) < 4.78 is 5.09. The van der Waals surface area contributed by atoms with Crippen LogP contribution in [0.2, 0.25) is 0 Å². The number of para-hydroxylation sites is 1. The highest BCUT2D eigenvalue weighted by Crippen LogP contribution is 2.29. The van der Waals surface area contributed by atoms with E-state index in [1.807, 2.05) is 31.2 Å². The first-order valence-corrected chi connectivity index (χ1v) is 9.90. The number of ether oxygens (including phenoxy) is 1. The fraction of sp³-hybridized carbons (Fsp3) is 0.318. The zero-order chi connectivity index (χ0) is 22.5. The van der Waals surface area contributed by atoms with Crippen molar-refractivity contribution in [1.29, 1.82) is 0 Å². The number of carbonyl (C=O) groups is 3. The topological polar surface area (TPSA) is 119 Å². The van der Waals surface area contributed by atoms with Crippen LogP contribution in [0.1, 0.15) is 24.5 Å². The van der Waals surface area contributed by atoms with Crippen LogP contribution in [-0.4, -0.2) is 35.9 Å². The lowest BCUT2D eigenvalue weighted by molar-refractivity contribution is -0.385. The zero-order valence-corrected chi connectivity index (χ0v) is 17.3. The summed E-state index contributed by atoms with van der Waals surface area (Å²) in [5, 5.41) is 13.5. The maximum atomic E-state index is 12.4. The highest BCUT2D eigenvalue weighted by molar-refractivity contribution is 6.00. The lowest BCUT2D eigenvalue weighted by atomic mass is 10.1. The van der Waals surface area contributed by atoms with Gasteiger partial charge in [0, 0.05) is 36.0 Å². The monoisotopic (exact) mass is 425 g/mol. The molecule has 1 heterocycles. The van der Waals surface area contributed by atoms with Gasteiger partial charge in [0.1, 0.15) is 0 Å². The van der Waals surface area contributed by atoms with Crippen molar-refractivity contribution in [2.24, 2.45) is 5.92 Å². The van der Waals surface area contributed by atoms with Crippen LogP contribution in [0, 0.1) is 23.0 Å². The molecule has 1 aliphatic heterocycles. The molecule has 1 saturated heterocycles. The van der Waals surface area contributed by atoms with Crippen LogP contribution in [0.5, 0.6) is 0 Å². The molecule has 2 aromatic rings. The molecular formula is C22H23N3O6. The summed E-state index contributed by atoms with van der Waals surface area (Å²) in [5.74, 6) is -2.08. The Morgan fingerprint density at radius 3 is 2.71 bits per heavy atom. The SMILES string of the molecule is CCc1ccccc1N1C[C@H](C(=O)OCC(=O)Nc2ccc(C)c([N+](=O)[O-])c2)CC1=O. The minimum Gasteiger partial charge on any atom is -0.455 e. The van der Waals surface area contributed by atoms with Crippen molar-refractivity contribution in [2.45, 2.75) is 26.7 Å². The maximum absolute atomic E-state index is 12.4. The Kier molecular flexibility index (Phi) is 6.64. The largest absolute Gasteiger partial charge is 0.455 e. The highest BCUT2D eigenvalue weighted by atomic mass is 16.6. The summed E-state index contributed by atoms with van der Waals surface area (Å²) in [4.78, 5) is 49.0. The van der Waals surface area contributed by atoms with Crippen LogP contribution < -0.4 is 10.2 Å². The summed E-state index contributed by atoms with van der Waals surface area (Å²) in [5.41, 5.74) is 2.37. The van der Waals surface area contributed by atoms with Gasteiger partial charge in [-0.2, -0.15) is 0 Å². The number of esters is 1. The van der Waals surface area contributed by atoms with Gasteiger partial charge in [0.05, 0.1) is 10.8 Å². The smallest absolute Gasteiger partial charge is 0.311 e. The minimum atomic E-state index is -0.661. The molecule has 2 amide bonds. The van der Waals surface area contributed by atoms with Gasteiger partial charge in [-0.15, -0.1) is 0 Å². The number of amides is 2. The molecule has 9 heteroatoms. The molecule has 0 aromatic heterocycles. The molecule has 1 aliphatic rings. The number of nitro benzene ring substituents is 1. The molecule has 0 spiro atoms. The number of anilines is 2. The van der Waals surface area contributed by atoms with Crippen molar-refractivity contribution >= 4 is 34.8 Å². The molecule has 0 unspecified atom stereocenters. The standard InChI is InChI=1S/C22H23N3O6/c1-3-15-6-4-5-7-18(15)24-12-16(10-21(24)27)22(28)31-13-20(26)23-17-9-8-14(2)19(11-17)25(29)30/h4-9,11,16H,3,10,12-13H2,1-2H3,(H,23,26)/t16-/m1/s1. The lowest BCUT2D eigenvalue weighted by Gasteiger charge is -2.19. The van der Waals surface area contributed by atoms with E-state index in [2.05, 4.69) is 5.32 Å². The van der Waals surface area contributed by atoms with Crippen molar-refractivity contribution in [3.63, 3.8) is 0 Å². The van der Waals surface area contributed by atoms with Crippen molar-refractivity contribution in [2.75, 3.05) is 23.4 Å².